The van der Waals surface area contributed by atoms with Crippen LogP contribution in [-0.4, -0.2) is 14.7 Å². The molecule has 1 aromatic rings. The molecule has 0 heterocycles. The van der Waals surface area contributed by atoms with Crippen LogP contribution >= 0.6 is 22.6 Å². The Morgan fingerprint density at radius 1 is 1.38 bits per heavy atom. The summed E-state index contributed by atoms with van der Waals surface area (Å²) in [6.07, 6.45) is 1.03. The molecule has 1 rings (SSSR count). The summed E-state index contributed by atoms with van der Waals surface area (Å²) in [6.45, 7) is 1.90. The van der Waals surface area contributed by atoms with Crippen molar-refractivity contribution in [2.75, 3.05) is 6.26 Å². The first-order valence-corrected chi connectivity index (χ1v) is 6.44. The molecule has 3 nitrogen and oxygen atoms in total. The number of rotatable bonds is 2. The molecule has 72 valence electrons. The summed E-state index contributed by atoms with van der Waals surface area (Å²) >= 11 is 2.06. The highest BCUT2D eigenvalue weighted by Gasteiger charge is 2.08. The van der Waals surface area contributed by atoms with Crippen LogP contribution in [0, 0.1) is 10.5 Å². The van der Waals surface area contributed by atoms with E-state index in [4.69, 9.17) is 4.18 Å². The summed E-state index contributed by atoms with van der Waals surface area (Å²) in [6, 6.07) is 5.30. The van der Waals surface area contributed by atoms with Gasteiger partial charge in [-0.15, -0.1) is 0 Å². The van der Waals surface area contributed by atoms with Crippen molar-refractivity contribution < 1.29 is 12.6 Å². The lowest BCUT2D eigenvalue weighted by Crippen LogP contribution is -2.07. The van der Waals surface area contributed by atoms with Crippen LogP contribution in [0.15, 0.2) is 18.2 Å². The first-order valence-electron chi connectivity index (χ1n) is 3.55. The lowest BCUT2D eigenvalue weighted by atomic mass is 10.2. The summed E-state index contributed by atoms with van der Waals surface area (Å²) in [7, 11) is -3.42. The third kappa shape index (κ3) is 3.15. The van der Waals surface area contributed by atoms with Gasteiger partial charge in [0.2, 0.25) is 0 Å². The fourth-order valence-electron chi connectivity index (χ4n) is 0.848. The van der Waals surface area contributed by atoms with E-state index in [2.05, 4.69) is 22.6 Å². The van der Waals surface area contributed by atoms with Gasteiger partial charge in [0, 0.05) is 0 Å². The van der Waals surface area contributed by atoms with E-state index >= 15 is 0 Å². The van der Waals surface area contributed by atoms with E-state index in [0.29, 0.717) is 5.75 Å². The Kier molecular flexibility index (Phi) is 3.18. The van der Waals surface area contributed by atoms with Gasteiger partial charge in [0.05, 0.1) is 9.83 Å². The number of hydrogen-bond acceptors (Lipinski definition) is 3. The molecule has 0 saturated heterocycles. The van der Waals surface area contributed by atoms with Crippen molar-refractivity contribution in [3.8, 4) is 5.75 Å². The van der Waals surface area contributed by atoms with Crippen LogP contribution in [0.4, 0.5) is 0 Å². The van der Waals surface area contributed by atoms with E-state index in [1.54, 1.807) is 12.1 Å². The molecule has 0 N–H and O–H groups in total. The minimum absolute atomic E-state index is 0.392. The molecule has 0 aliphatic heterocycles. The van der Waals surface area contributed by atoms with Gasteiger partial charge in [0.25, 0.3) is 0 Å². The van der Waals surface area contributed by atoms with Crippen molar-refractivity contribution in [3.05, 3.63) is 27.3 Å². The third-order valence-electron chi connectivity index (χ3n) is 1.40. The van der Waals surface area contributed by atoms with Gasteiger partial charge >= 0.3 is 10.1 Å². The van der Waals surface area contributed by atoms with Crippen molar-refractivity contribution in [3.63, 3.8) is 0 Å². The average molecular weight is 312 g/mol. The average Bonchev–Trinajstić information content (AvgIpc) is 1.96. The Morgan fingerprint density at radius 2 is 2.00 bits per heavy atom. The molecule has 0 aromatic heterocycles. The Hall–Kier alpha value is -0.300. The van der Waals surface area contributed by atoms with Crippen LogP contribution in [0.25, 0.3) is 0 Å². The van der Waals surface area contributed by atoms with Crippen LogP contribution in [0.5, 0.6) is 5.75 Å². The molecule has 0 aliphatic carbocycles. The van der Waals surface area contributed by atoms with E-state index in [-0.39, 0.29) is 0 Å². The summed E-state index contributed by atoms with van der Waals surface area (Å²) in [4.78, 5) is 0. The molecule has 0 fully saturated rings. The summed E-state index contributed by atoms with van der Waals surface area (Å²) in [5, 5.41) is 0. The molecule has 5 heteroatoms. The standard InChI is InChI=1S/C8H9IO3S/c1-6-4-3-5-7(8(6)9)12-13(2,10)11/h3-5H,1-2H3. The smallest absolute Gasteiger partial charge is 0.306 e. The van der Waals surface area contributed by atoms with E-state index in [0.717, 1.165) is 15.4 Å². The van der Waals surface area contributed by atoms with Gasteiger partial charge in [-0.05, 0) is 41.1 Å². The Morgan fingerprint density at radius 3 is 2.54 bits per heavy atom. The van der Waals surface area contributed by atoms with Crippen LogP contribution in [0.2, 0.25) is 0 Å². The third-order valence-corrected chi connectivity index (χ3v) is 3.26. The highest BCUT2D eigenvalue weighted by molar-refractivity contribution is 14.1. The molecule has 0 aliphatic rings. The Balaban J connectivity index is 3.10. The van der Waals surface area contributed by atoms with E-state index in [9.17, 15) is 8.42 Å². The molecule has 13 heavy (non-hydrogen) atoms. The van der Waals surface area contributed by atoms with Gasteiger partial charge in [-0.1, -0.05) is 12.1 Å². The van der Waals surface area contributed by atoms with Crippen LogP contribution in [-0.2, 0) is 10.1 Å². The molecule has 0 radical (unpaired) electrons. The second kappa shape index (κ2) is 3.83. The second-order valence-electron chi connectivity index (χ2n) is 2.67. The highest BCUT2D eigenvalue weighted by Crippen LogP contribution is 2.24. The molecule has 0 unspecified atom stereocenters. The molecule has 0 bridgehead atoms. The van der Waals surface area contributed by atoms with Crippen molar-refractivity contribution >= 4 is 32.7 Å². The quantitative estimate of drug-likeness (QED) is 0.619. The maximum Gasteiger partial charge on any atom is 0.306 e. The van der Waals surface area contributed by atoms with Crippen molar-refractivity contribution in [1.82, 2.24) is 0 Å². The zero-order chi connectivity index (χ0) is 10.1. The second-order valence-corrected chi connectivity index (χ2v) is 5.33. The maximum absolute atomic E-state index is 10.8. The minimum Gasteiger partial charge on any atom is -0.381 e. The molecule has 0 atom stereocenters. The number of halogens is 1. The first kappa shape index (κ1) is 10.8. The topological polar surface area (TPSA) is 43.4 Å². The minimum atomic E-state index is -3.42. The first-order chi connectivity index (χ1) is 5.90. The monoisotopic (exact) mass is 312 g/mol. The van der Waals surface area contributed by atoms with Gasteiger partial charge < -0.3 is 4.18 Å². The lowest BCUT2D eigenvalue weighted by molar-refractivity contribution is 0.491. The largest absolute Gasteiger partial charge is 0.381 e. The summed E-state index contributed by atoms with van der Waals surface area (Å²) in [5.74, 6) is 0.392. The van der Waals surface area contributed by atoms with Crippen molar-refractivity contribution in [1.29, 1.82) is 0 Å². The summed E-state index contributed by atoms with van der Waals surface area (Å²) < 4.78 is 27.3. The van der Waals surface area contributed by atoms with Crippen LogP contribution in [0.1, 0.15) is 5.56 Å². The molecule has 0 spiro atoms. The lowest BCUT2D eigenvalue weighted by Gasteiger charge is -2.06. The van der Waals surface area contributed by atoms with Crippen molar-refractivity contribution in [2.45, 2.75) is 6.92 Å². The fraction of sp³-hybridized carbons (Fsp3) is 0.250. The van der Waals surface area contributed by atoms with Crippen molar-refractivity contribution in [2.24, 2.45) is 0 Å². The predicted octanol–water partition coefficient (Wildman–Crippen LogP) is 1.94. The fourth-order valence-corrected chi connectivity index (χ4v) is 1.93. The molecule has 0 saturated carbocycles. The normalized spacial score (nSPS) is 11.3. The Labute approximate surface area is 91.4 Å². The van der Waals surface area contributed by atoms with E-state index in [1.165, 1.54) is 0 Å². The molecular formula is C8H9IO3S. The van der Waals surface area contributed by atoms with Gasteiger partial charge in [0.1, 0.15) is 0 Å². The zero-order valence-corrected chi connectivity index (χ0v) is 10.2. The zero-order valence-electron chi connectivity index (χ0n) is 7.24. The van der Waals surface area contributed by atoms with Crippen LogP contribution in [0.3, 0.4) is 0 Å². The molecule has 0 amide bonds. The van der Waals surface area contributed by atoms with Gasteiger partial charge in [-0.2, -0.15) is 8.42 Å². The number of benzene rings is 1. The van der Waals surface area contributed by atoms with Crippen LogP contribution < -0.4 is 4.18 Å². The van der Waals surface area contributed by atoms with E-state index < -0.39 is 10.1 Å². The molecular weight excluding hydrogens is 303 g/mol. The van der Waals surface area contributed by atoms with Gasteiger partial charge in [-0.3, -0.25) is 0 Å². The highest BCUT2D eigenvalue weighted by atomic mass is 127. The summed E-state index contributed by atoms with van der Waals surface area (Å²) in [5.41, 5.74) is 1.00. The predicted molar refractivity (Wildman–Crippen MR) is 59.4 cm³/mol. The van der Waals surface area contributed by atoms with E-state index in [1.807, 2.05) is 13.0 Å². The number of hydrogen-bond donors (Lipinski definition) is 0. The SMILES string of the molecule is Cc1cccc(OS(C)(=O)=O)c1I. The van der Waals surface area contributed by atoms with Gasteiger partial charge in [-0.25, -0.2) is 0 Å². The van der Waals surface area contributed by atoms with Gasteiger partial charge in [0.15, 0.2) is 5.75 Å². The number of aryl methyl sites for hydroxylation is 1. The Bertz CT molecular complexity index is 411. The maximum atomic E-state index is 10.8. The molecule has 1 aromatic carbocycles.